The average Bonchev–Trinajstić information content (AvgIpc) is 3.06. The number of benzene rings is 2. The van der Waals surface area contributed by atoms with Gasteiger partial charge in [-0.05, 0) is 43.0 Å². The third-order valence-electron chi connectivity index (χ3n) is 5.06. The lowest BCUT2D eigenvalue weighted by Gasteiger charge is -2.12. The van der Waals surface area contributed by atoms with Crippen LogP contribution in [-0.4, -0.2) is 15.9 Å². The Morgan fingerprint density at radius 1 is 1.07 bits per heavy atom. The molecule has 27 heavy (non-hydrogen) atoms. The summed E-state index contributed by atoms with van der Waals surface area (Å²) in [6.45, 7) is 4.13. The Morgan fingerprint density at radius 2 is 1.93 bits per heavy atom. The van der Waals surface area contributed by atoms with Gasteiger partial charge in [0.05, 0.1) is 11.7 Å². The Balaban J connectivity index is 1.50. The lowest BCUT2D eigenvalue weighted by Crippen LogP contribution is -2.15. The quantitative estimate of drug-likeness (QED) is 0.518. The summed E-state index contributed by atoms with van der Waals surface area (Å²) >= 11 is 0. The number of aryl methyl sites for hydroxylation is 3. The van der Waals surface area contributed by atoms with Gasteiger partial charge in [0.15, 0.2) is 0 Å². The fourth-order valence-corrected chi connectivity index (χ4v) is 3.58. The van der Waals surface area contributed by atoms with Gasteiger partial charge in [0.1, 0.15) is 0 Å². The summed E-state index contributed by atoms with van der Waals surface area (Å²) in [4.78, 5) is 20.4. The molecule has 1 amide bonds. The zero-order chi connectivity index (χ0) is 18.8. The topological polar surface area (TPSA) is 57.8 Å². The molecule has 2 heterocycles. The molecule has 0 bridgehead atoms. The second-order valence-electron chi connectivity index (χ2n) is 6.90. The van der Waals surface area contributed by atoms with E-state index < -0.39 is 0 Å². The highest BCUT2D eigenvalue weighted by molar-refractivity contribution is 6.07. The molecule has 4 aromatic rings. The first-order valence-electron chi connectivity index (χ1n) is 9.39. The third-order valence-corrected chi connectivity index (χ3v) is 5.06. The first-order chi connectivity index (χ1) is 13.2. The van der Waals surface area contributed by atoms with Crippen LogP contribution in [-0.2, 0) is 17.6 Å². The van der Waals surface area contributed by atoms with Crippen molar-refractivity contribution in [3.8, 4) is 0 Å². The smallest absolute Gasteiger partial charge is 0.224 e. The van der Waals surface area contributed by atoms with Crippen LogP contribution in [0.15, 0.2) is 54.7 Å². The Morgan fingerprint density at radius 3 is 2.78 bits per heavy atom. The van der Waals surface area contributed by atoms with Gasteiger partial charge in [0.25, 0.3) is 0 Å². The summed E-state index contributed by atoms with van der Waals surface area (Å²) in [6.07, 6.45) is 3.79. The van der Waals surface area contributed by atoms with Crippen molar-refractivity contribution < 1.29 is 4.79 Å². The molecule has 0 fully saturated rings. The monoisotopic (exact) mass is 357 g/mol. The van der Waals surface area contributed by atoms with Gasteiger partial charge in [-0.2, -0.15) is 0 Å². The van der Waals surface area contributed by atoms with Gasteiger partial charge in [-0.1, -0.05) is 43.3 Å². The highest BCUT2D eigenvalue weighted by atomic mass is 16.1. The van der Waals surface area contributed by atoms with Crippen LogP contribution in [0.25, 0.3) is 21.8 Å². The van der Waals surface area contributed by atoms with E-state index in [1.807, 2.05) is 37.4 Å². The molecule has 2 aromatic heterocycles. The summed E-state index contributed by atoms with van der Waals surface area (Å²) in [6, 6.07) is 16.4. The number of carbonyl (C=O) groups is 1. The van der Waals surface area contributed by atoms with Gasteiger partial charge in [-0.25, -0.2) is 0 Å². The number of pyridine rings is 1. The van der Waals surface area contributed by atoms with E-state index >= 15 is 0 Å². The van der Waals surface area contributed by atoms with Crippen molar-refractivity contribution in [1.82, 2.24) is 9.97 Å². The molecule has 4 heteroatoms. The molecular formula is C23H23N3O. The van der Waals surface area contributed by atoms with Crippen LogP contribution in [0.3, 0.4) is 0 Å². The van der Waals surface area contributed by atoms with Crippen LogP contribution in [0.2, 0.25) is 0 Å². The molecule has 136 valence electrons. The summed E-state index contributed by atoms with van der Waals surface area (Å²) in [5.74, 6) is 0.0276. The molecule has 0 aliphatic carbocycles. The van der Waals surface area contributed by atoms with Gasteiger partial charge in [-0.15, -0.1) is 0 Å². The second kappa shape index (κ2) is 7.23. The van der Waals surface area contributed by atoms with Crippen LogP contribution < -0.4 is 5.32 Å². The Kier molecular flexibility index (Phi) is 4.63. The fraction of sp³-hybridized carbons (Fsp3) is 0.217. The molecule has 2 aromatic carbocycles. The molecule has 4 nitrogen and oxygen atoms in total. The first-order valence-corrected chi connectivity index (χ1v) is 9.39. The molecule has 0 radical (unpaired) electrons. The van der Waals surface area contributed by atoms with E-state index in [4.69, 9.17) is 0 Å². The Hall–Kier alpha value is -3.14. The van der Waals surface area contributed by atoms with Crippen molar-refractivity contribution in [2.75, 3.05) is 5.32 Å². The SMILES string of the molecule is CCc1cccc(C)c1NC(=O)CCc1cc2c(cn1)[nH]c1ccccc12. The highest BCUT2D eigenvalue weighted by Gasteiger charge is 2.10. The van der Waals surface area contributed by atoms with Crippen molar-refractivity contribution in [1.29, 1.82) is 0 Å². The number of aromatic amines is 1. The number of rotatable bonds is 5. The minimum atomic E-state index is 0.0276. The Labute approximate surface area is 158 Å². The molecule has 0 spiro atoms. The van der Waals surface area contributed by atoms with Crippen LogP contribution in [0.4, 0.5) is 5.69 Å². The fourth-order valence-electron chi connectivity index (χ4n) is 3.58. The predicted molar refractivity (Wildman–Crippen MR) is 111 cm³/mol. The summed E-state index contributed by atoms with van der Waals surface area (Å²) in [5.41, 5.74) is 6.28. The van der Waals surface area contributed by atoms with Crippen LogP contribution in [0.1, 0.15) is 30.2 Å². The summed E-state index contributed by atoms with van der Waals surface area (Å²) in [5, 5.41) is 5.43. The first kappa shape index (κ1) is 17.3. The molecule has 4 rings (SSSR count). The third kappa shape index (κ3) is 3.43. The van der Waals surface area contributed by atoms with E-state index in [1.54, 1.807) is 0 Å². The number of carbonyl (C=O) groups excluding carboxylic acids is 1. The van der Waals surface area contributed by atoms with Gasteiger partial charge in [-0.3, -0.25) is 9.78 Å². The van der Waals surface area contributed by atoms with Crippen molar-refractivity contribution >= 4 is 33.4 Å². The maximum atomic E-state index is 12.5. The van der Waals surface area contributed by atoms with Crippen molar-refractivity contribution in [2.24, 2.45) is 0 Å². The Bertz CT molecular complexity index is 1130. The molecule has 2 N–H and O–H groups in total. The molecule has 0 aliphatic heterocycles. The minimum Gasteiger partial charge on any atom is -0.353 e. The zero-order valence-corrected chi connectivity index (χ0v) is 15.7. The number of anilines is 1. The molecular weight excluding hydrogens is 334 g/mol. The van der Waals surface area contributed by atoms with E-state index in [1.165, 1.54) is 10.9 Å². The van der Waals surface area contributed by atoms with Crippen LogP contribution in [0.5, 0.6) is 0 Å². The molecule has 0 saturated heterocycles. The zero-order valence-electron chi connectivity index (χ0n) is 15.7. The van der Waals surface area contributed by atoms with Gasteiger partial charge in [0.2, 0.25) is 5.91 Å². The molecule has 0 unspecified atom stereocenters. The number of hydrogen-bond acceptors (Lipinski definition) is 2. The van der Waals surface area contributed by atoms with Crippen LogP contribution in [0, 0.1) is 6.92 Å². The van der Waals surface area contributed by atoms with E-state index in [9.17, 15) is 4.79 Å². The summed E-state index contributed by atoms with van der Waals surface area (Å²) < 4.78 is 0. The number of nitrogens with one attached hydrogen (secondary N) is 2. The van der Waals surface area contributed by atoms with Crippen molar-refractivity contribution in [3.63, 3.8) is 0 Å². The molecule has 0 saturated carbocycles. The standard InChI is InChI=1S/C23H23N3O/c1-3-16-8-6-7-15(2)23(16)26-22(27)12-11-17-13-19-18-9-4-5-10-20(18)25-21(19)14-24-17/h4-10,13-14,25H,3,11-12H2,1-2H3,(H,26,27). The number of hydrogen-bond donors (Lipinski definition) is 2. The lowest BCUT2D eigenvalue weighted by molar-refractivity contribution is -0.116. The van der Waals surface area contributed by atoms with E-state index in [-0.39, 0.29) is 5.91 Å². The van der Waals surface area contributed by atoms with Crippen molar-refractivity contribution in [3.05, 3.63) is 71.5 Å². The maximum absolute atomic E-state index is 12.5. The number of nitrogens with zero attached hydrogens (tertiary/aromatic N) is 1. The lowest BCUT2D eigenvalue weighted by atomic mass is 10.1. The van der Waals surface area contributed by atoms with E-state index in [0.717, 1.165) is 39.8 Å². The van der Waals surface area contributed by atoms with Gasteiger partial charge in [0, 0.05) is 34.1 Å². The van der Waals surface area contributed by atoms with Crippen molar-refractivity contribution in [2.45, 2.75) is 33.1 Å². The van der Waals surface area contributed by atoms with Gasteiger partial charge >= 0.3 is 0 Å². The number of H-pyrrole nitrogens is 1. The number of amides is 1. The molecule has 0 atom stereocenters. The van der Waals surface area contributed by atoms with Gasteiger partial charge < -0.3 is 10.3 Å². The largest absolute Gasteiger partial charge is 0.353 e. The van der Waals surface area contributed by atoms with E-state index in [2.05, 4.69) is 46.5 Å². The maximum Gasteiger partial charge on any atom is 0.224 e. The summed E-state index contributed by atoms with van der Waals surface area (Å²) in [7, 11) is 0. The minimum absolute atomic E-state index is 0.0276. The van der Waals surface area contributed by atoms with E-state index in [0.29, 0.717) is 12.8 Å². The average molecular weight is 357 g/mol. The second-order valence-corrected chi connectivity index (χ2v) is 6.90. The number of aromatic nitrogens is 2. The van der Waals surface area contributed by atoms with Crippen LogP contribution >= 0.6 is 0 Å². The highest BCUT2D eigenvalue weighted by Crippen LogP contribution is 2.25. The molecule has 0 aliphatic rings. The normalized spacial score (nSPS) is 11.2. The number of para-hydroxylation sites is 2. The number of fused-ring (bicyclic) bond motifs is 3. The predicted octanol–water partition coefficient (Wildman–Crippen LogP) is 5.16.